The van der Waals surface area contributed by atoms with Gasteiger partial charge in [0, 0.05) is 25.2 Å². The van der Waals surface area contributed by atoms with Crippen LogP contribution in [0.4, 0.5) is 0 Å². The molecule has 0 amide bonds. The van der Waals surface area contributed by atoms with Crippen LogP contribution in [0.3, 0.4) is 0 Å². The topological polar surface area (TPSA) is 61.8 Å². The fraction of sp³-hybridized carbons (Fsp3) is 0.800. The summed E-state index contributed by atoms with van der Waals surface area (Å²) in [5.74, 6) is -0.723. The molecule has 0 atom stereocenters. The Bertz CT molecular complexity index is 333. The molecule has 0 spiro atoms. The standard InChI is InChI=1S/C10H22O5Si3/c1-9(11)13-18(14-10(2)12)7-16(3,4)15-17(5,6)8-18/h7-8H2,1-6H3. The Hall–Kier alpha value is -0.449. The molecule has 0 aromatic rings. The van der Waals surface area contributed by atoms with Crippen LogP contribution >= 0.6 is 0 Å². The molecule has 0 radical (unpaired) electrons. The Morgan fingerprint density at radius 2 is 1.22 bits per heavy atom. The minimum atomic E-state index is -2.78. The highest BCUT2D eigenvalue weighted by molar-refractivity contribution is 7.03. The van der Waals surface area contributed by atoms with E-state index in [0.29, 0.717) is 11.3 Å². The first kappa shape index (κ1) is 15.6. The highest BCUT2D eigenvalue weighted by atomic mass is 28.5. The lowest BCUT2D eigenvalue weighted by Crippen LogP contribution is -2.64. The first-order valence-electron chi connectivity index (χ1n) is 6.05. The van der Waals surface area contributed by atoms with Gasteiger partial charge in [-0.2, -0.15) is 0 Å². The van der Waals surface area contributed by atoms with Crippen molar-refractivity contribution in [1.29, 1.82) is 0 Å². The van der Waals surface area contributed by atoms with Crippen LogP contribution in [0.1, 0.15) is 13.8 Å². The lowest BCUT2D eigenvalue weighted by atomic mass is 10.9. The maximum Gasteiger partial charge on any atom is 0.463 e. The molecule has 5 nitrogen and oxygen atoms in total. The normalized spacial score (nSPS) is 24.1. The van der Waals surface area contributed by atoms with Crippen molar-refractivity contribution in [2.45, 2.75) is 51.4 Å². The SMILES string of the molecule is CC(=O)O[Si]1(OC(C)=O)C[Si](C)(C)O[Si](C)(C)C1. The summed E-state index contributed by atoms with van der Waals surface area (Å²) in [6.07, 6.45) is 0. The van der Waals surface area contributed by atoms with E-state index in [-0.39, 0.29) is 11.9 Å². The summed E-state index contributed by atoms with van der Waals surface area (Å²) < 4.78 is 17.2. The Kier molecular flexibility index (Phi) is 4.26. The Balaban J connectivity index is 3.07. The quantitative estimate of drug-likeness (QED) is 0.731. The molecule has 18 heavy (non-hydrogen) atoms. The van der Waals surface area contributed by atoms with Gasteiger partial charge in [-0.15, -0.1) is 0 Å². The van der Waals surface area contributed by atoms with Gasteiger partial charge in [-0.1, -0.05) is 0 Å². The lowest BCUT2D eigenvalue weighted by molar-refractivity contribution is -0.138. The van der Waals surface area contributed by atoms with Gasteiger partial charge in [-0.25, -0.2) is 0 Å². The van der Waals surface area contributed by atoms with Crippen molar-refractivity contribution in [3.05, 3.63) is 0 Å². The molecule has 0 aromatic heterocycles. The summed E-state index contributed by atoms with van der Waals surface area (Å²) in [6.45, 7) is 11.1. The zero-order valence-electron chi connectivity index (χ0n) is 12.0. The van der Waals surface area contributed by atoms with Crippen LogP contribution in [0.25, 0.3) is 0 Å². The second kappa shape index (κ2) is 4.91. The molecule has 0 N–H and O–H groups in total. The van der Waals surface area contributed by atoms with Crippen LogP contribution in [-0.4, -0.2) is 37.1 Å². The molecule has 8 heteroatoms. The fourth-order valence-corrected chi connectivity index (χ4v) is 25.0. The second-order valence-electron chi connectivity index (χ2n) is 6.07. The first-order valence-corrected chi connectivity index (χ1v) is 14.5. The van der Waals surface area contributed by atoms with Gasteiger partial charge < -0.3 is 13.0 Å². The number of hydrogen-bond acceptors (Lipinski definition) is 5. The molecule has 1 heterocycles. The minimum Gasteiger partial charge on any atom is -0.485 e. The molecule has 1 saturated heterocycles. The van der Waals surface area contributed by atoms with E-state index < -0.39 is 25.2 Å². The highest BCUT2D eigenvalue weighted by Gasteiger charge is 2.59. The monoisotopic (exact) mass is 306 g/mol. The van der Waals surface area contributed by atoms with Gasteiger partial charge in [-0.05, 0) is 26.2 Å². The van der Waals surface area contributed by atoms with Gasteiger partial charge in [0.05, 0.1) is 0 Å². The van der Waals surface area contributed by atoms with E-state index >= 15 is 0 Å². The molecule has 1 rings (SSSR count). The Morgan fingerprint density at radius 3 is 1.50 bits per heavy atom. The van der Waals surface area contributed by atoms with Crippen molar-refractivity contribution in [1.82, 2.24) is 0 Å². The Labute approximate surface area is 111 Å². The molecular weight excluding hydrogens is 284 g/mol. The number of carbonyl (C=O) groups is 2. The largest absolute Gasteiger partial charge is 0.485 e. The van der Waals surface area contributed by atoms with Crippen molar-refractivity contribution < 1.29 is 22.6 Å². The third-order valence-corrected chi connectivity index (χ3v) is 19.5. The first-order chi connectivity index (χ1) is 7.95. The average Bonchev–Trinajstić information content (AvgIpc) is 1.90. The molecule has 1 aliphatic heterocycles. The molecule has 1 fully saturated rings. The van der Waals surface area contributed by atoms with Crippen LogP contribution in [-0.2, 0) is 22.6 Å². The van der Waals surface area contributed by atoms with Gasteiger partial charge in [0.15, 0.2) is 16.6 Å². The third kappa shape index (κ3) is 4.34. The van der Waals surface area contributed by atoms with Gasteiger partial charge >= 0.3 is 8.56 Å². The Morgan fingerprint density at radius 1 is 0.889 bits per heavy atom. The predicted molar refractivity (Wildman–Crippen MR) is 74.9 cm³/mol. The summed E-state index contributed by atoms with van der Waals surface area (Å²) in [4.78, 5) is 22.7. The maximum atomic E-state index is 11.3. The molecule has 0 unspecified atom stereocenters. The molecule has 0 bridgehead atoms. The van der Waals surface area contributed by atoms with Gasteiger partial charge in [0.25, 0.3) is 11.9 Å². The van der Waals surface area contributed by atoms with E-state index in [1.54, 1.807) is 0 Å². The predicted octanol–water partition coefficient (Wildman–Crippen LogP) is 2.07. The number of carbonyl (C=O) groups excluding carboxylic acids is 2. The summed E-state index contributed by atoms with van der Waals surface area (Å²) in [5.41, 5.74) is 1.27. The summed E-state index contributed by atoms with van der Waals surface area (Å²) in [6, 6.07) is 0. The smallest absolute Gasteiger partial charge is 0.463 e. The van der Waals surface area contributed by atoms with Crippen LogP contribution in [0.15, 0.2) is 0 Å². The van der Waals surface area contributed by atoms with Crippen molar-refractivity contribution >= 4 is 37.1 Å². The molecule has 0 aliphatic carbocycles. The summed E-state index contributed by atoms with van der Waals surface area (Å²) in [5, 5.41) is 0. The van der Waals surface area contributed by atoms with Crippen molar-refractivity contribution in [3.8, 4) is 0 Å². The number of rotatable bonds is 2. The van der Waals surface area contributed by atoms with Gasteiger partial charge in [0.2, 0.25) is 0 Å². The molecule has 0 aromatic carbocycles. The molecule has 0 saturated carbocycles. The van der Waals surface area contributed by atoms with E-state index in [2.05, 4.69) is 26.2 Å². The van der Waals surface area contributed by atoms with Crippen LogP contribution in [0.2, 0.25) is 37.5 Å². The fourth-order valence-electron chi connectivity index (χ4n) is 2.87. The van der Waals surface area contributed by atoms with Crippen molar-refractivity contribution in [2.75, 3.05) is 0 Å². The van der Waals surface area contributed by atoms with Crippen LogP contribution < -0.4 is 0 Å². The minimum absolute atomic E-state index is 0.362. The average molecular weight is 307 g/mol. The maximum absolute atomic E-state index is 11.3. The van der Waals surface area contributed by atoms with E-state index in [1.807, 2.05) is 0 Å². The molecule has 104 valence electrons. The number of hydrogen-bond donors (Lipinski definition) is 0. The molecule has 1 aliphatic rings. The zero-order valence-corrected chi connectivity index (χ0v) is 15.0. The van der Waals surface area contributed by atoms with Crippen molar-refractivity contribution in [2.24, 2.45) is 0 Å². The van der Waals surface area contributed by atoms with E-state index in [4.69, 9.17) is 13.0 Å². The van der Waals surface area contributed by atoms with E-state index in [0.717, 1.165) is 0 Å². The van der Waals surface area contributed by atoms with Crippen LogP contribution in [0.5, 0.6) is 0 Å². The van der Waals surface area contributed by atoms with E-state index in [1.165, 1.54) is 13.8 Å². The van der Waals surface area contributed by atoms with Gasteiger partial charge in [-0.3, -0.25) is 9.59 Å². The summed E-state index contributed by atoms with van der Waals surface area (Å²) >= 11 is 0. The second-order valence-corrected chi connectivity index (χ2v) is 19.0. The van der Waals surface area contributed by atoms with Gasteiger partial charge in [0.1, 0.15) is 0 Å². The zero-order chi connectivity index (χ0) is 14.2. The highest BCUT2D eigenvalue weighted by Crippen LogP contribution is 2.38. The third-order valence-electron chi connectivity index (χ3n) is 2.60. The summed E-state index contributed by atoms with van der Waals surface area (Å²) in [7, 11) is -6.63. The van der Waals surface area contributed by atoms with E-state index in [9.17, 15) is 9.59 Å². The lowest BCUT2D eigenvalue weighted by Gasteiger charge is -2.46. The molecular formula is C10H22O5Si3. The van der Waals surface area contributed by atoms with Crippen LogP contribution in [0, 0.1) is 0 Å². The van der Waals surface area contributed by atoms with Crippen molar-refractivity contribution in [3.63, 3.8) is 0 Å².